The fourth-order valence-corrected chi connectivity index (χ4v) is 4.61. The number of hydrogen-bond acceptors (Lipinski definition) is 5. The zero-order chi connectivity index (χ0) is 25.8. The number of anilines is 6. The summed E-state index contributed by atoms with van der Waals surface area (Å²) in [6.45, 7) is 3.87. The summed E-state index contributed by atoms with van der Waals surface area (Å²) in [6.07, 6.45) is 3.35. The summed E-state index contributed by atoms with van der Waals surface area (Å²) < 4.78 is 1.80. The molecule has 4 aromatic rings. The minimum Gasteiger partial charge on any atom is -0.393 e. The highest BCUT2D eigenvalue weighted by Gasteiger charge is 2.17. The van der Waals surface area contributed by atoms with Gasteiger partial charge in [-0.3, -0.25) is 4.79 Å². The summed E-state index contributed by atoms with van der Waals surface area (Å²) in [5.41, 5.74) is 7.70. The van der Waals surface area contributed by atoms with Crippen LogP contribution in [0, 0.1) is 6.92 Å². The van der Waals surface area contributed by atoms with E-state index in [0.717, 1.165) is 59.9 Å². The van der Waals surface area contributed by atoms with Crippen LogP contribution in [0.15, 0.2) is 85.1 Å². The van der Waals surface area contributed by atoms with E-state index in [1.54, 1.807) is 10.6 Å². The van der Waals surface area contributed by atoms with Gasteiger partial charge in [-0.1, -0.05) is 0 Å². The van der Waals surface area contributed by atoms with Gasteiger partial charge in [-0.05, 0) is 104 Å². The maximum absolute atomic E-state index is 12.4. The van der Waals surface area contributed by atoms with Gasteiger partial charge in [0.2, 0.25) is 0 Å². The van der Waals surface area contributed by atoms with Crippen molar-refractivity contribution < 1.29 is 9.90 Å². The number of hydrogen-bond donors (Lipinski definition) is 4. The van der Waals surface area contributed by atoms with Crippen LogP contribution in [0.4, 0.5) is 34.1 Å². The second-order valence-corrected chi connectivity index (χ2v) is 9.58. The van der Waals surface area contributed by atoms with Crippen molar-refractivity contribution in [1.82, 2.24) is 4.57 Å². The third-order valence-corrected chi connectivity index (χ3v) is 6.81. The average Bonchev–Trinajstić information content (AvgIpc) is 3.34. The molecule has 2 heterocycles. The van der Waals surface area contributed by atoms with Crippen molar-refractivity contribution >= 4 is 40.0 Å². The molecule has 37 heavy (non-hydrogen) atoms. The molecule has 1 saturated heterocycles. The molecule has 0 unspecified atom stereocenters. The quantitative estimate of drug-likeness (QED) is 0.252. The van der Waals surface area contributed by atoms with Gasteiger partial charge in [-0.2, -0.15) is 0 Å². The largest absolute Gasteiger partial charge is 0.393 e. The predicted octanol–water partition coefficient (Wildman–Crippen LogP) is 6.03. The molecule has 0 aliphatic carbocycles. The molecule has 0 radical (unpaired) electrons. The highest BCUT2D eigenvalue weighted by atomic mass is 16.3. The Morgan fingerprint density at radius 2 is 1.46 bits per heavy atom. The molecule has 1 aliphatic rings. The van der Waals surface area contributed by atoms with Gasteiger partial charge in [-0.25, -0.2) is 0 Å². The van der Waals surface area contributed by atoms with Crippen LogP contribution in [0.3, 0.4) is 0 Å². The Balaban J connectivity index is 1.18. The summed E-state index contributed by atoms with van der Waals surface area (Å²) >= 11 is 0. The standard InChI is InChI=1S/C30H33N5O2/c1-21-20-25(31-22-9-12-26(13-10-22)35-18-15-27(36)16-19-35)11-14-28(21)32-23-5-7-24(8-6-23)33-30(37)29-4-3-17-34(29)2/h3-14,17,20,27,31-32,36H,15-16,18-19H2,1-2H3,(H,33,37). The van der Waals surface area contributed by atoms with Gasteiger partial charge in [0.1, 0.15) is 5.69 Å². The van der Waals surface area contributed by atoms with Crippen LogP contribution in [0.5, 0.6) is 0 Å². The number of rotatable bonds is 7. The van der Waals surface area contributed by atoms with Crippen LogP contribution in [0.25, 0.3) is 0 Å². The molecule has 3 aromatic carbocycles. The summed E-state index contributed by atoms with van der Waals surface area (Å²) in [6, 6.07) is 26.1. The van der Waals surface area contributed by atoms with Crippen molar-refractivity contribution in [3.63, 3.8) is 0 Å². The number of amides is 1. The first kappa shape index (κ1) is 24.5. The van der Waals surface area contributed by atoms with Crippen LogP contribution in [-0.4, -0.2) is 34.8 Å². The van der Waals surface area contributed by atoms with Crippen molar-refractivity contribution in [3.05, 3.63) is 96.3 Å². The molecule has 0 saturated carbocycles. The number of aliphatic hydroxyl groups is 1. The van der Waals surface area contributed by atoms with Gasteiger partial charge in [0.15, 0.2) is 0 Å². The Morgan fingerprint density at radius 3 is 2.11 bits per heavy atom. The van der Waals surface area contributed by atoms with Crippen LogP contribution in [-0.2, 0) is 7.05 Å². The minimum absolute atomic E-state index is 0.131. The van der Waals surface area contributed by atoms with Crippen molar-refractivity contribution in [3.8, 4) is 0 Å². The lowest BCUT2D eigenvalue weighted by Crippen LogP contribution is -2.35. The number of carbonyl (C=O) groups is 1. The smallest absolute Gasteiger partial charge is 0.272 e. The molecule has 0 spiro atoms. The Kier molecular flexibility index (Phi) is 7.14. The van der Waals surface area contributed by atoms with Gasteiger partial charge in [0.25, 0.3) is 5.91 Å². The van der Waals surface area contributed by atoms with Crippen LogP contribution >= 0.6 is 0 Å². The molecule has 1 aromatic heterocycles. The summed E-state index contributed by atoms with van der Waals surface area (Å²) in [4.78, 5) is 14.7. The molecule has 5 rings (SSSR count). The van der Waals surface area contributed by atoms with E-state index >= 15 is 0 Å². The van der Waals surface area contributed by atoms with Gasteiger partial charge >= 0.3 is 0 Å². The van der Waals surface area contributed by atoms with E-state index in [1.165, 1.54) is 5.69 Å². The van der Waals surface area contributed by atoms with Crippen molar-refractivity contribution in [2.24, 2.45) is 7.05 Å². The number of benzene rings is 3. The minimum atomic E-state index is -0.162. The Bertz CT molecular complexity index is 1350. The first-order chi connectivity index (χ1) is 17.9. The third kappa shape index (κ3) is 5.95. The molecule has 7 nitrogen and oxygen atoms in total. The molecular formula is C30H33N5O2. The van der Waals surface area contributed by atoms with Crippen LogP contribution in [0.1, 0.15) is 28.9 Å². The van der Waals surface area contributed by atoms with Gasteiger partial charge in [0, 0.05) is 60.5 Å². The Labute approximate surface area is 217 Å². The SMILES string of the molecule is Cc1cc(Nc2ccc(N3CCC(O)CC3)cc2)ccc1Nc1ccc(NC(=O)c2cccn2C)cc1. The van der Waals surface area contributed by atoms with Crippen LogP contribution < -0.4 is 20.9 Å². The van der Waals surface area contributed by atoms with E-state index < -0.39 is 0 Å². The van der Waals surface area contributed by atoms with Gasteiger partial charge in [-0.15, -0.1) is 0 Å². The fraction of sp³-hybridized carbons (Fsp3) is 0.233. The van der Waals surface area contributed by atoms with Crippen molar-refractivity contribution in [2.45, 2.75) is 25.9 Å². The summed E-state index contributed by atoms with van der Waals surface area (Å²) in [5, 5.41) is 19.6. The molecule has 1 aliphatic heterocycles. The van der Waals surface area contributed by atoms with Crippen molar-refractivity contribution in [2.75, 3.05) is 33.9 Å². The van der Waals surface area contributed by atoms with E-state index in [9.17, 15) is 9.90 Å². The summed E-state index contributed by atoms with van der Waals surface area (Å²) in [5.74, 6) is -0.131. The fourth-order valence-electron chi connectivity index (χ4n) is 4.61. The number of carbonyl (C=O) groups excluding carboxylic acids is 1. The lowest BCUT2D eigenvalue weighted by atomic mass is 10.1. The molecule has 1 fully saturated rings. The van der Waals surface area contributed by atoms with E-state index in [4.69, 9.17) is 0 Å². The zero-order valence-electron chi connectivity index (χ0n) is 21.2. The Hall–Kier alpha value is -4.23. The molecule has 7 heteroatoms. The second-order valence-electron chi connectivity index (χ2n) is 9.58. The number of aromatic nitrogens is 1. The van der Waals surface area contributed by atoms with Crippen LogP contribution in [0.2, 0.25) is 0 Å². The van der Waals surface area contributed by atoms with E-state index in [1.807, 2.05) is 43.6 Å². The maximum Gasteiger partial charge on any atom is 0.272 e. The average molecular weight is 496 g/mol. The number of nitrogens with one attached hydrogen (secondary N) is 3. The van der Waals surface area contributed by atoms with Gasteiger partial charge in [0.05, 0.1) is 6.10 Å². The van der Waals surface area contributed by atoms with E-state index in [0.29, 0.717) is 5.69 Å². The molecule has 190 valence electrons. The van der Waals surface area contributed by atoms with Gasteiger partial charge < -0.3 is 30.5 Å². The predicted molar refractivity (Wildman–Crippen MR) is 151 cm³/mol. The second kappa shape index (κ2) is 10.8. The molecule has 0 atom stereocenters. The number of nitrogens with zero attached hydrogens (tertiary/aromatic N) is 2. The molecule has 4 N–H and O–H groups in total. The van der Waals surface area contributed by atoms with Crippen molar-refractivity contribution in [1.29, 1.82) is 0 Å². The maximum atomic E-state index is 12.4. The lowest BCUT2D eigenvalue weighted by molar-refractivity contribution is 0.101. The highest BCUT2D eigenvalue weighted by Crippen LogP contribution is 2.28. The number of aliphatic hydroxyl groups excluding tert-OH is 1. The molecular weight excluding hydrogens is 462 g/mol. The summed E-state index contributed by atoms with van der Waals surface area (Å²) in [7, 11) is 1.85. The molecule has 1 amide bonds. The molecule has 0 bridgehead atoms. The number of aryl methyl sites for hydroxylation is 2. The first-order valence-electron chi connectivity index (χ1n) is 12.7. The number of piperidine rings is 1. The topological polar surface area (TPSA) is 81.6 Å². The zero-order valence-corrected chi connectivity index (χ0v) is 21.2. The van der Waals surface area contributed by atoms with E-state index in [-0.39, 0.29) is 12.0 Å². The highest BCUT2D eigenvalue weighted by molar-refractivity contribution is 6.03. The Morgan fingerprint density at radius 1 is 0.838 bits per heavy atom. The monoisotopic (exact) mass is 495 g/mol. The lowest BCUT2D eigenvalue weighted by Gasteiger charge is -2.31. The first-order valence-corrected chi connectivity index (χ1v) is 12.7. The van der Waals surface area contributed by atoms with E-state index in [2.05, 4.69) is 70.2 Å². The third-order valence-electron chi connectivity index (χ3n) is 6.81. The normalized spacial score (nSPS) is 13.9.